The number of isothiocyanates is 1. The van der Waals surface area contributed by atoms with Gasteiger partial charge in [0.2, 0.25) is 0 Å². The van der Waals surface area contributed by atoms with Crippen LogP contribution in [0.25, 0.3) is 11.3 Å². The maximum Gasteiger partial charge on any atom is 0.188 e. The van der Waals surface area contributed by atoms with Gasteiger partial charge in [-0.3, -0.25) is 4.79 Å². The molecule has 0 radical (unpaired) electrons. The Balaban J connectivity index is 0.000000235. The number of carbonyl (C=O) groups is 1. The van der Waals surface area contributed by atoms with Crippen molar-refractivity contribution in [1.29, 1.82) is 0 Å². The average Bonchev–Trinajstić information content (AvgIpc) is 3.52. The fourth-order valence-corrected chi connectivity index (χ4v) is 6.68. The first-order valence-electron chi connectivity index (χ1n) is 16.4. The van der Waals surface area contributed by atoms with Crippen LogP contribution in [0.5, 0.6) is 0 Å². The highest BCUT2D eigenvalue weighted by Gasteiger charge is 2.21. The predicted octanol–water partition coefficient (Wildman–Crippen LogP) is 12.8. The molecule has 3 N–H and O–H groups in total. The lowest BCUT2D eigenvalue weighted by Crippen LogP contribution is -2.20. The summed E-state index contributed by atoms with van der Waals surface area (Å²) in [5.74, 6) is 0.789. The Bertz CT molecular complexity index is 1880. The third-order valence-corrected chi connectivity index (χ3v) is 9.88. The van der Waals surface area contributed by atoms with Crippen LogP contribution in [-0.4, -0.2) is 22.0 Å². The molecule has 4 aromatic carbocycles. The van der Waals surface area contributed by atoms with Crippen molar-refractivity contribution in [2.75, 3.05) is 5.32 Å². The van der Waals surface area contributed by atoms with Crippen LogP contribution in [0.3, 0.4) is 0 Å². The van der Waals surface area contributed by atoms with E-state index in [4.69, 9.17) is 57.1 Å². The predicted molar refractivity (Wildman–Crippen MR) is 223 cm³/mol. The van der Waals surface area contributed by atoms with Gasteiger partial charge in [-0.1, -0.05) is 141 Å². The van der Waals surface area contributed by atoms with Crippen molar-refractivity contribution in [3.63, 3.8) is 0 Å². The van der Waals surface area contributed by atoms with Crippen LogP contribution in [0.2, 0.25) is 20.1 Å². The van der Waals surface area contributed by atoms with E-state index >= 15 is 0 Å². The first kappa shape index (κ1) is 42.3. The number of ketones is 1. The minimum Gasteiger partial charge on any atom is -0.357 e. The average molecular weight is 801 g/mol. The normalized spacial score (nSPS) is 11.1. The van der Waals surface area contributed by atoms with Gasteiger partial charge in [-0.25, -0.2) is 9.98 Å². The zero-order valence-corrected chi connectivity index (χ0v) is 33.7. The molecule has 268 valence electrons. The van der Waals surface area contributed by atoms with Gasteiger partial charge in [-0.15, -0.1) is 11.3 Å². The third-order valence-electron chi connectivity index (χ3n) is 7.26. The van der Waals surface area contributed by atoms with Crippen molar-refractivity contribution in [3.05, 3.63) is 139 Å². The Kier molecular flexibility index (Phi) is 18.3. The number of nitrogens with zero attached hydrogens (tertiary/aromatic N) is 2. The number of nitrogens with two attached hydrogens (primary N) is 1. The molecule has 1 aromatic heterocycles. The molecule has 5 nitrogen and oxygen atoms in total. The Labute approximate surface area is 331 Å². The van der Waals surface area contributed by atoms with Gasteiger partial charge in [0.1, 0.15) is 6.04 Å². The van der Waals surface area contributed by atoms with Crippen LogP contribution >= 0.6 is 70.0 Å². The van der Waals surface area contributed by atoms with E-state index in [2.05, 4.69) is 53.7 Å². The zero-order chi connectivity index (χ0) is 37.3. The van der Waals surface area contributed by atoms with Gasteiger partial charge in [0.15, 0.2) is 10.9 Å². The first-order chi connectivity index (χ1) is 24.4. The van der Waals surface area contributed by atoms with Gasteiger partial charge in [0.05, 0.1) is 30.9 Å². The lowest BCUT2D eigenvalue weighted by molar-refractivity contribution is 0.0952. The molecule has 0 amide bonds. The summed E-state index contributed by atoms with van der Waals surface area (Å²) in [7, 11) is 0. The molecule has 0 aliphatic heterocycles. The minimum atomic E-state index is -0.500. The molecule has 1 heterocycles. The number of rotatable bonds is 12. The highest BCUT2D eigenvalue weighted by atomic mass is 35.5. The van der Waals surface area contributed by atoms with Gasteiger partial charge in [-0.05, 0) is 78.4 Å². The van der Waals surface area contributed by atoms with Gasteiger partial charge in [0, 0.05) is 29.1 Å². The van der Waals surface area contributed by atoms with Gasteiger partial charge >= 0.3 is 0 Å². The quantitative estimate of drug-likeness (QED) is 0.0746. The number of aromatic nitrogens is 1. The monoisotopic (exact) mass is 798 g/mol. The van der Waals surface area contributed by atoms with E-state index in [0.29, 0.717) is 50.5 Å². The number of nitrogens with one attached hydrogen (secondary N) is 1. The molecule has 0 saturated heterocycles. The zero-order valence-electron chi connectivity index (χ0n) is 29.0. The van der Waals surface area contributed by atoms with Crippen molar-refractivity contribution >= 4 is 86.0 Å². The van der Waals surface area contributed by atoms with E-state index < -0.39 is 6.04 Å². The number of hydrogen-bond acceptors (Lipinski definition) is 7. The number of benzene rings is 4. The number of anilines is 1. The van der Waals surface area contributed by atoms with Crippen molar-refractivity contribution in [3.8, 4) is 11.3 Å². The van der Waals surface area contributed by atoms with E-state index in [-0.39, 0.29) is 5.78 Å². The van der Waals surface area contributed by atoms with Crippen LogP contribution in [0.1, 0.15) is 60.5 Å². The number of carbonyl (C=O) groups excluding carboxylic acids is 1. The van der Waals surface area contributed by atoms with E-state index in [9.17, 15) is 4.79 Å². The van der Waals surface area contributed by atoms with Crippen molar-refractivity contribution in [2.24, 2.45) is 22.6 Å². The Morgan fingerprint density at radius 3 is 1.92 bits per heavy atom. The standard InChI is InChI=1S/C20H20Cl2N2S.C13H13Cl2NOS.C7H9N/c1-13(2)10-18-19(15-8-9-16(21)17(22)11-15)24-20(25-18)23-12-14-6-4-3-5-7-14;1-8(2)5-12(16-7-18)13(17)9-3-4-10(14)11(15)6-9;8-6-7-4-2-1-3-5-7/h3-9,11,13H,10,12H2,1-2H3,(H,23,24);3-4,6,8,12H,5H2,1-2H3;1-5H,6,8H2. The lowest BCUT2D eigenvalue weighted by atomic mass is 9.96. The fraction of sp³-hybridized carbons (Fsp3) is 0.275. The fourth-order valence-electron chi connectivity index (χ4n) is 4.76. The molecule has 0 spiro atoms. The molecule has 1 unspecified atom stereocenters. The smallest absolute Gasteiger partial charge is 0.188 e. The van der Waals surface area contributed by atoms with Crippen molar-refractivity contribution in [2.45, 2.75) is 59.7 Å². The van der Waals surface area contributed by atoms with Crippen molar-refractivity contribution < 1.29 is 4.79 Å². The molecule has 5 rings (SSSR count). The number of hydrogen-bond donors (Lipinski definition) is 2. The van der Waals surface area contributed by atoms with Crippen LogP contribution in [0.15, 0.2) is 102 Å². The summed E-state index contributed by atoms with van der Waals surface area (Å²) in [5, 5.41) is 8.55. The maximum absolute atomic E-state index is 12.3. The minimum absolute atomic E-state index is 0.111. The molecular weight excluding hydrogens is 758 g/mol. The first-order valence-corrected chi connectivity index (χ1v) is 19.2. The SMILES string of the molecule is CC(C)CC(N=C=S)C(=O)c1ccc(Cl)c(Cl)c1.CC(C)Cc1sc(NCc2ccccc2)nc1-c1ccc(Cl)c(Cl)c1.NCc1ccccc1. The molecule has 51 heavy (non-hydrogen) atoms. The van der Waals surface area contributed by atoms with Crippen LogP contribution in [0, 0.1) is 11.8 Å². The molecule has 0 bridgehead atoms. The third kappa shape index (κ3) is 14.4. The molecule has 0 saturated carbocycles. The topological polar surface area (TPSA) is 80.4 Å². The maximum atomic E-state index is 12.3. The Hall–Kier alpha value is -3.10. The molecule has 1 atom stereocenters. The number of Topliss-reactive ketones (excluding diaryl/α,β-unsaturated/α-hetero) is 1. The van der Waals surface area contributed by atoms with Gasteiger partial charge < -0.3 is 11.1 Å². The van der Waals surface area contributed by atoms with Crippen molar-refractivity contribution in [1.82, 2.24) is 4.98 Å². The number of aliphatic imine (C=N–C) groups is 1. The molecule has 0 aliphatic carbocycles. The Morgan fingerprint density at radius 1 is 0.824 bits per heavy atom. The Morgan fingerprint density at radius 2 is 1.41 bits per heavy atom. The molecule has 0 aliphatic rings. The summed E-state index contributed by atoms with van der Waals surface area (Å²) in [5.41, 5.74) is 10.3. The summed E-state index contributed by atoms with van der Waals surface area (Å²) in [6.45, 7) is 9.88. The lowest BCUT2D eigenvalue weighted by Gasteiger charge is -2.12. The molecule has 5 aromatic rings. The highest BCUT2D eigenvalue weighted by Crippen LogP contribution is 2.36. The summed E-state index contributed by atoms with van der Waals surface area (Å²) in [6.07, 6.45) is 1.61. The van der Waals surface area contributed by atoms with E-state index in [1.165, 1.54) is 16.0 Å². The molecular formula is C40H42Cl4N4OS2. The van der Waals surface area contributed by atoms with Gasteiger partial charge in [-0.2, -0.15) is 0 Å². The summed E-state index contributed by atoms with van der Waals surface area (Å²) in [4.78, 5) is 22.3. The number of halogens is 4. The second kappa shape index (κ2) is 22.1. The second-order valence-electron chi connectivity index (χ2n) is 12.4. The summed E-state index contributed by atoms with van der Waals surface area (Å²) in [6, 6.07) is 30.3. The second-order valence-corrected chi connectivity index (χ2v) is 15.3. The summed E-state index contributed by atoms with van der Waals surface area (Å²) < 4.78 is 0. The number of thiocarbonyl (C=S) groups is 1. The molecule has 11 heteroatoms. The van der Waals surface area contributed by atoms with Crippen LogP contribution in [0.4, 0.5) is 5.13 Å². The summed E-state index contributed by atoms with van der Waals surface area (Å²) >= 11 is 30.3. The van der Waals surface area contributed by atoms with Crippen LogP contribution < -0.4 is 11.1 Å². The highest BCUT2D eigenvalue weighted by molar-refractivity contribution is 7.78. The molecule has 0 fully saturated rings. The number of thiazole rings is 1. The largest absolute Gasteiger partial charge is 0.357 e. The van der Waals surface area contributed by atoms with E-state index in [1.807, 2.05) is 80.6 Å². The van der Waals surface area contributed by atoms with Gasteiger partial charge in [0.25, 0.3) is 0 Å². The van der Waals surface area contributed by atoms with E-state index in [0.717, 1.165) is 29.4 Å². The van der Waals surface area contributed by atoms with E-state index in [1.54, 1.807) is 29.5 Å². The van der Waals surface area contributed by atoms with Crippen LogP contribution in [-0.2, 0) is 19.5 Å².